The number of hydrogen-bond acceptors (Lipinski definition) is 4. The third-order valence-corrected chi connectivity index (χ3v) is 3.11. The molecule has 0 atom stereocenters. The SMILES string of the molecule is Cc1ccccc1C(=O)OCOC(=O)c1ccccc1C. The van der Waals surface area contributed by atoms with E-state index in [1.165, 1.54) is 0 Å². The maximum Gasteiger partial charge on any atom is 0.341 e. The van der Waals surface area contributed by atoms with Crippen molar-refractivity contribution >= 4 is 11.9 Å². The Labute approximate surface area is 123 Å². The molecule has 0 aliphatic heterocycles. The summed E-state index contributed by atoms with van der Waals surface area (Å²) in [4.78, 5) is 23.7. The van der Waals surface area contributed by atoms with Gasteiger partial charge in [0.15, 0.2) is 0 Å². The fourth-order valence-corrected chi connectivity index (χ4v) is 1.90. The monoisotopic (exact) mass is 284 g/mol. The Kier molecular flexibility index (Phi) is 4.72. The van der Waals surface area contributed by atoms with E-state index in [0.717, 1.165) is 11.1 Å². The third-order valence-electron chi connectivity index (χ3n) is 3.11. The predicted octanol–water partition coefficient (Wildman–Crippen LogP) is 3.27. The number of carbonyl (C=O) groups is 2. The lowest BCUT2D eigenvalue weighted by Gasteiger charge is -2.08. The van der Waals surface area contributed by atoms with Gasteiger partial charge in [0.05, 0.1) is 11.1 Å². The van der Waals surface area contributed by atoms with Gasteiger partial charge in [0.2, 0.25) is 6.79 Å². The highest BCUT2D eigenvalue weighted by molar-refractivity contribution is 5.92. The number of carbonyl (C=O) groups excluding carboxylic acids is 2. The molecule has 2 aromatic carbocycles. The first-order valence-electron chi connectivity index (χ1n) is 6.55. The van der Waals surface area contributed by atoms with E-state index < -0.39 is 18.7 Å². The van der Waals surface area contributed by atoms with Crippen LogP contribution in [-0.2, 0) is 9.47 Å². The molecular formula is C17H16O4. The molecule has 0 amide bonds. The summed E-state index contributed by atoms with van der Waals surface area (Å²) in [6.07, 6.45) is 0. The van der Waals surface area contributed by atoms with E-state index in [0.29, 0.717) is 11.1 Å². The first kappa shape index (κ1) is 14.8. The first-order chi connectivity index (χ1) is 10.1. The molecular weight excluding hydrogens is 268 g/mol. The van der Waals surface area contributed by atoms with E-state index in [9.17, 15) is 9.59 Å². The molecule has 0 aliphatic rings. The molecule has 2 aromatic rings. The second-order valence-electron chi connectivity index (χ2n) is 4.61. The van der Waals surface area contributed by atoms with E-state index in [1.807, 2.05) is 38.1 Å². The van der Waals surface area contributed by atoms with Gasteiger partial charge in [0, 0.05) is 0 Å². The van der Waals surface area contributed by atoms with Gasteiger partial charge in [-0.2, -0.15) is 0 Å². The summed E-state index contributed by atoms with van der Waals surface area (Å²) in [5, 5.41) is 0. The average molecular weight is 284 g/mol. The summed E-state index contributed by atoms with van der Waals surface area (Å²) in [5.41, 5.74) is 2.55. The molecule has 0 aromatic heterocycles. The van der Waals surface area contributed by atoms with Gasteiger partial charge in [-0.3, -0.25) is 0 Å². The number of hydrogen-bond donors (Lipinski definition) is 0. The Morgan fingerprint density at radius 2 is 1.14 bits per heavy atom. The van der Waals surface area contributed by atoms with Crippen molar-refractivity contribution in [3.05, 3.63) is 70.8 Å². The highest BCUT2D eigenvalue weighted by atomic mass is 16.7. The smallest absolute Gasteiger partial charge is 0.341 e. The highest BCUT2D eigenvalue weighted by Crippen LogP contribution is 2.10. The average Bonchev–Trinajstić information content (AvgIpc) is 2.48. The minimum absolute atomic E-state index is 0.402. The molecule has 0 aliphatic carbocycles. The molecule has 0 saturated carbocycles. The molecule has 21 heavy (non-hydrogen) atoms. The molecule has 4 heteroatoms. The summed E-state index contributed by atoms with van der Waals surface area (Å²) < 4.78 is 9.92. The lowest BCUT2D eigenvalue weighted by Crippen LogP contribution is -2.14. The highest BCUT2D eigenvalue weighted by Gasteiger charge is 2.13. The van der Waals surface area contributed by atoms with Gasteiger partial charge in [0.25, 0.3) is 0 Å². The maximum atomic E-state index is 11.8. The molecule has 0 saturated heterocycles. The van der Waals surface area contributed by atoms with E-state index in [1.54, 1.807) is 24.3 Å². The summed E-state index contributed by atoms with van der Waals surface area (Å²) >= 11 is 0. The van der Waals surface area contributed by atoms with Crippen molar-refractivity contribution in [2.45, 2.75) is 13.8 Å². The zero-order chi connectivity index (χ0) is 15.2. The van der Waals surface area contributed by atoms with Crippen LogP contribution in [0.25, 0.3) is 0 Å². The van der Waals surface area contributed by atoms with Crippen LogP contribution in [0.5, 0.6) is 0 Å². The summed E-state index contributed by atoms with van der Waals surface area (Å²) in [6.45, 7) is 3.23. The molecule has 0 spiro atoms. The second-order valence-corrected chi connectivity index (χ2v) is 4.61. The van der Waals surface area contributed by atoms with Gasteiger partial charge in [-0.25, -0.2) is 9.59 Å². The van der Waals surface area contributed by atoms with E-state index >= 15 is 0 Å². The van der Waals surface area contributed by atoms with E-state index in [-0.39, 0.29) is 0 Å². The van der Waals surface area contributed by atoms with Crippen molar-refractivity contribution in [3.63, 3.8) is 0 Å². The van der Waals surface area contributed by atoms with Gasteiger partial charge in [-0.1, -0.05) is 36.4 Å². The molecule has 4 nitrogen and oxygen atoms in total. The zero-order valence-electron chi connectivity index (χ0n) is 12.0. The number of ether oxygens (including phenoxy) is 2. The quantitative estimate of drug-likeness (QED) is 0.638. The molecule has 0 radical (unpaired) electrons. The lowest BCUT2D eigenvalue weighted by molar-refractivity contribution is -0.0168. The molecule has 0 fully saturated rings. The van der Waals surface area contributed by atoms with Gasteiger partial charge >= 0.3 is 11.9 Å². The molecule has 0 heterocycles. The Morgan fingerprint density at radius 3 is 1.52 bits per heavy atom. The summed E-state index contributed by atoms with van der Waals surface area (Å²) in [5.74, 6) is -1.02. The lowest BCUT2D eigenvalue weighted by atomic mass is 10.1. The van der Waals surface area contributed by atoms with Crippen LogP contribution < -0.4 is 0 Å². The molecule has 108 valence electrons. The topological polar surface area (TPSA) is 52.6 Å². The van der Waals surface area contributed by atoms with Crippen LogP contribution in [0.3, 0.4) is 0 Å². The molecule has 0 N–H and O–H groups in total. The largest absolute Gasteiger partial charge is 0.424 e. The van der Waals surface area contributed by atoms with Gasteiger partial charge in [-0.05, 0) is 37.1 Å². The van der Waals surface area contributed by atoms with Crippen molar-refractivity contribution in [1.29, 1.82) is 0 Å². The van der Waals surface area contributed by atoms with E-state index in [2.05, 4.69) is 0 Å². The zero-order valence-corrected chi connectivity index (χ0v) is 12.0. The number of benzene rings is 2. The van der Waals surface area contributed by atoms with Crippen molar-refractivity contribution in [2.24, 2.45) is 0 Å². The van der Waals surface area contributed by atoms with Gasteiger partial charge in [0.1, 0.15) is 0 Å². The van der Waals surface area contributed by atoms with Crippen molar-refractivity contribution in [3.8, 4) is 0 Å². The van der Waals surface area contributed by atoms with Crippen LogP contribution in [-0.4, -0.2) is 18.7 Å². The number of esters is 2. The number of rotatable bonds is 4. The Hall–Kier alpha value is -2.62. The standard InChI is InChI=1S/C17H16O4/c1-12-7-3-5-9-14(12)16(18)20-11-21-17(19)15-10-6-4-8-13(15)2/h3-10H,11H2,1-2H3. The summed E-state index contributed by atoms with van der Waals surface area (Å²) in [7, 11) is 0. The fraction of sp³-hybridized carbons (Fsp3) is 0.176. The minimum atomic E-state index is -0.509. The maximum absolute atomic E-state index is 11.8. The van der Waals surface area contributed by atoms with Crippen molar-refractivity contribution < 1.29 is 19.1 Å². The molecule has 0 bridgehead atoms. The predicted molar refractivity (Wildman–Crippen MR) is 78.1 cm³/mol. The van der Waals surface area contributed by atoms with Gasteiger partial charge in [-0.15, -0.1) is 0 Å². The molecule has 2 rings (SSSR count). The van der Waals surface area contributed by atoms with Crippen LogP contribution >= 0.6 is 0 Å². The fourth-order valence-electron chi connectivity index (χ4n) is 1.90. The van der Waals surface area contributed by atoms with Crippen molar-refractivity contribution in [2.75, 3.05) is 6.79 Å². The Morgan fingerprint density at radius 1 is 0.762 bits per heavy atom. The first-order valence-corrected chi connectivity index (χ1v) is 6.55. The summed E-state index contributed by atoms with van der Waals surface area (Å²) in [6, 6.07) is 14.1. The number of aryl methyl sites for hydroxylation is 2. The van der Waals surface area contributed by atoms with Crippen LogP contribution in [0.2, 0.25) is 0 Å². The van der Waals surface area contributed by atoms with E-state index in [4.69, 9.17) is 9.47 Å². The van der Waals surface area contributed by atoms with Crippen LogP contribution in [0, 0.1) is 13.8 Å². The van der Waals surface area contributed by atoms with Crippen LogP contribution in [0.1, 0.15) is 31.8 Å². The second kappa shape index (κ2) is 6.70. The molecule has 0 unspecified atom stereocenters. The normalized spacial score (nSPS) is 10.0. The Bertz CT molecular complexity index is 604. The van der Waals surface area contributed by atoms with Crippen molar-refractivity contribution in [1.82, 2.24) is 0 Å². The van der Waals surface area contributed by atoms with Crippen LogP contribution in [0.15, 0.2) is 48.5 Å². The van der Waals surface area contributed by atoms with Gasteiger partial charge < -0.3 is 9.47 Å². The minimum Gasteiger partial charge on any atom is -0.424 e. The Balaban J connectivity index is 1.90. The van der Waals surface area contributed by atoms with Crippen LogP contribution in [0.4, 0.5) is 0 Å². The third kappa shape index (κ3) is 3.69.